The van der Waals surface area contributed by atoms with Crippen LogP contribution in [0.4, 0.5) is 24.5 Å². The predicted molar refractivity (Wildman–Crippen MR) is 103 cm³/mol. The van der Waals surface area contributed by atoms with E-state index in [9.17, 15) is 26.4 Å². The van der Waals surface area contributed by atoms with Crippen molar-refractivity contribution >= 4 is 27.3 Å². The van der Waals surface area contributed by atoms with Gasteiger partial charge in [-0.05, 0) is 50.1 Å². The van der Waals surface area contributed by atoms with E-state index < -0.39 is 33.7 Å². The molecule has 2 rings (SSSR count). The van der Waals surface area contributed by atoms with Crippen molar-refractivity contribution in [2.75, 3.05) is 15.9 Å². The summed E-state index contributed by atoms with van der Waals surface area (Å²) in [7, 11) is -4.03. The molecule has 2 aromatic rings. The molecule has 0 bridgehead atoms. The zero-order valence-corrected chi connectivity index (χ0v) is 16.6. The van der Waals surface area contributed by atoms with Crippen molar-refractivity contribution < 1.29 is 26.4 Å². The van der Waals surface area contributed by atoms with Crippen LogP contribution in [-0.2, 0) is 21.0 Å². The number of carbonyl (C=O) groups is 1. The second-order valence-electron chi connectivity index (χ2n) is 6.54. The number of sulfonamides is 1. The first kappa shape index (κ1) is 21.7. The van der Waals surface area contributed by atoms with E-state index in [0.717, 1.165) is 29.5 Å². The maximum Gasteiger partial charge on any atom is 0.416 e. The molecular formula is C19H21F3N2O3S. The van der Waals surface area contributed by atoms with Gasteiger partial charge in [-0.3, -0.25) is 9.10 Å². The molecule has 2 aromatic carbocycles. The lowest BCUT2D eigenvalue weighted by atomic mass is 10.1. The zero-order valence-electron chi connectivity index (χ0n) is 15.8. The first-order valence-electron chi connectivity index (χ1n) is 8.36. The SMILES string of the molecule is Cc1cccc(C)c1NC(=O)C(C)N(c1cccc(C(F)(F)F)c1)S(C)(=O)=O. The highest BCUT2D eigenvalue weighted by molar-refractivity contribution is 7.92. The van der Waals surface area contributed by atoms with Crippen molar-refractivity contribution in [3.8, 4) is 0 Å². The highest BCUT2D eigenvalue weighted by Crippen LogP contribution is 2.33. The summed E-state index contributed by atoms with van der Waals surface area (Å²) in [4.78, 5) is 12.7. The minimum atomic E-state index is -4.64. The second kappa shape index (κ2) is 7.83. The molecule has 0 aliphatic rings. The Hall–Kier alpha value is -2.55. The number of nitrogens with zero attached hydrogens (tertiary/aromatic N) is 1. The number of nitrogens with one attached hydrogen (secondary N) is 1. The van der Waals surface area contributed by atoms with E-state index in [2.05, 4.69) is 5.32 Å². The molecule has 0 saturated heterocycles. The third kappa shape index (κ3) is 4.83. The number of rotatable bonds is 5. The van der Waals surface area contributed by atoms with Gasteiger partial charge in [0.05, 0.1) is 17.5 Å². The normalized spacial score (nSPS) is 13.1. The van der Waals surface area contributed by atoms with Crippen molar-refractivity contribution in [2.24, 2.45) is 0 Å². The van der Waals surface area contributed by atoms with Gasteiger partial charge < -0.3 is 5.32 Å². The zero-order chi connectivity index (χ0) is 21.3. The monoisotopic (exact) mass is 414 g/mol. The summed E-state index contributed by atoms with van der Waals surface area (Å²) in [5.41, 5.74) is 0.871. The third-order valence-electron chi connectivity index (χ3n) is 4.25. The molecule has 1 amide bonds. The molecule has 0 aliphatic carbocycles. The van der Waals surface area contributed by atoms with Gasteiger partial charge in [0.15, 0.2) is 0 Å². The van der Waals surface area contributed by atoms with Crippen LogP contribution in [0.1, 0.15) is 23.6 Å². The van der Waals surface area contributed by atoms with E-state index in [1.807, 2.05) is 6.07 Å². The Morgan fingerprint density at radius 1 is 1.07 bits per heavy atom. The molecule has 0 aromatic heterocycles. The lowest BCUT2D eigenvalue weighted by molar-refractivity contribution is -0.137. The van der Waals surface area contributed by atoms with Crippen LogP contribution < -0.4 is 9.62 Å². The quantitative estimate of drug-likeness (QED) is 0.801. The second-order valence-corrected chi connectivity index (χ2v) is 8.40. The van der Waals surface area contributed by atoms with Crippen molar-refractivity contribution in [1.82, 2.24) is 0 Å². The lowest BCUT2D eigenvalue weighted by Gasteiger charge is -2.29. The van der Waals surface area contributed by atoms with Crippen molar-refractivity contribution in [3.05, 3.63) is 59.2 Å². The van der Waals surface area contributed by atoms with E-state index in [4.69, 9.17) is 0 Å². The number of halogens is 3. The van der Waals surface area contributed by atoms with E-state index >= 15 is 0 Å². The number of hydrogen-bond donors (Lipinski definition) is 1. The largest absolute Gasteiger partial charge is 0.416 e. The Balaban J connectivity index is 2.43. The summed E-state index contributed by atoms with van der Waals surface area (Å²) in [5, 5.41) is 2.68. The van der Waals surface area contributed by atoms with E-state index in [1.165, 1.54) is 13.0 Å². The number of para-hydroxylation sites is 1. The van der Waals surface area contributed by atoms with Crippen molar-refractivity contribution in [1.29, 1.82) is 0 Å². The molecule has 152 valence electrons. The van der Waals surface area contributed by atoms with Crippen molar-refractivity contribution in [3.63, 3.8) is 0 Å². The van der Waals surface area contributed by atoms with Gasteiger partial charge >= 0.3 is 6.18 Å². The smallest absolute Gasteiger partial charge is 0.324 e. The molecule has 28 heavy (non-hydrogen) atoms. The number of hydrogen-bond acceptors (Lipinski definition) is 3. The Bertz CT molecular complexity index is 968. The summed E-state index contributed by atoms with van der Waals surface area (Å²) in [6.45, 7) is 4.90. The van der Waals surface area contributed by atoms with Gasteiger partial charge in [-0.2, -0.15) is 13.2 Å². The summed E-state index contributed by atoms with van der Waals surface area (Å²) in [6.07, 6.45) is -3.79. The highest BCUT2D eigenvalue weighted by atomic mass is 32.2. The Morgan fingerprint density at radius 2 is 1.61 bits per heavy atom. The van der Waals surface area contributed by atoms with Crippen LogP contribution in [0.3, 0.4) is 0 Å². The molecule has 1 N–H and O–H groups in total. The van der Waals surface area contributed by atoms with E-state index in [-0.39, 0.29) is 5.69 Å². The van der Waals surface area contributed by atoms with Crippen LogP contribution in [0.2, 0.25) is 0 Å². The van der Waals surface area contributed by atoms with Gasteiger partial charge in [-0.25, -0.2) is 8.42 Å². The number of anilines is 2. The minimum Gasteiger partial charge on any atom is -0.324 e. The molecule has 0 fully saturated rings. The molecule has 1 atom stereocenters. The topological polar surface area (TPSA) is 66.5 Å². The fourth-order valence-electron chi connectivity index (χ4n) is 2.87. The Kier molecular flexibility index (Phi) is 6.08. The van der Waals surface area contributed by atoms with Crippen LogP contribution >= 0.6 is 0 Å². The van der Waals surface area contributed by atoms with Crippen LogP contribution in [0, 0.1) is 13.8 Å². The summed E-state index contributed by atoms with van der Waals surface area (Å²) in [6, 6.07) is 8.00. The Morgan fingerprint density at radius 3 is 2.11 bits per heavy atom. The Labute approximate surface area is 162 Å². The third-order valence-corrected chi connectivity index (χ3v) is 5.49. The van der Waals surface area contributed by atoms with Gasteiger partial charge in [-0.15, -0.1) is 0 Å². The summed E-state index contributed by atoms with van der Waals surface area (Å²) < 4.78 is 64.3. The summed E-state index contributed by atoms with van der Waals surface area (Å²) in [5.74, 6) is -0.653. The first-order chi connectivity index (χ1) is 12.8. The van der Waals surface area contributed by atoms with Crippen LogP contribution in [-0.4, -0.2) is 26.6 Å². The molecule has 9 heteroatoms. The highest BCUT2D eigenvalue weighted by Gasteiger charge is 2.34. The van der Waals surface area contributed by atoms with E-state index in [0.29, 0.717) is 16.1 Å². The van der Waals surface area contributed by atoms with Gasteiger partial charge in [-0.1, -0.05) is 24.3 Å². The van der Waals surface area contributed by atoms with Gasteiger partial charge in [0, 0.05) is 5.69 Å². The minimum absolute atomic E-state index is 0.235. The van der Waals surface area contributed by atoms with Crippen LogP contribution in [0.5, 0.6) is 0 Å². The molecule has 5 nitrogen and oxygen atoms in total. The number of benzene rings is 2. The van der Waals surface area contributed by atoms with Crippen molar-refractivity contribution in [2.45, 2.75) is 33.0 Å². The fraction of sp³-hybridized carbons (Fsp3) is 0.316. The molecular weight excluding hydrogens is 393 g/mol. The van der Waals surface area contributed by atoms with Crippen LogP contribution in [0.25, 0.3) is 0 Å². The molecule has 1 unspecified atom stereocenters. The maximum atomic E-state index is 13.0. The van der Waals surface area contributed by atoms with E-state index in [1.54, 1.807) is 26.0 Å². The van der Waals surface area contributed by atoms with Gasteiger partial charge in [0.25, 0.3) is 0 Å². The summed E-state index contributed by atoms with van der Waals surface area (Å²) >= 11 is 0. The molecule has 0 radical (unpaired) electrons. The number of amides is 1. The number of carbonyl (C=O) groups excluding carboxylic acids is 1. The average molecular weight is 414 g/mol. The van der Waals surface area contributed by atoms with Gasteiger partial charge in [0.2, 0.25) is 15.9 Å². The maximum absolute atomic E-state index is 13.0. The molecule has 0 saturated carbocycles. The molecule has 0 aliphatic heterocycles. The predicted octanol–water partition coefficient (Wildman–Crippen LogP) is 4.12. The van der Waals surface area contributed by atoms with Gasteiger partial charge in [0.1, 0.15) is 6.04 Å². The fourth-order valence-corrected chi connectivity index (χ4v) is 4.03. The standard InChI is InChI=1S/C19H21F3N2O3S/c1-12-7-5-8-13(2)17(12)23-18(25)14(3)24(28(4,26)27)16-10-6-9-15(11-16)19(20,21)22/h5-11,14H,1-4H3,(H,23,25). The number of aryl methyl sites for hydroxylation is 2. The molecule has 0 spiro atoms. The molecule has 0 heterocycles. The average Bonchev–Trinajstić information content (AvgIpc) is 2.56. The van der Waals surface area contributed by atoms with Crippen LogP contribution in [0.15, 0.2) is 42.5 Å². The lowest BCUT2D eigenvalue weighted by Crippen LogP contribution is -2.45. The first-order valence-corrected chi connectivity index (χ1v) is 10.2. The number of alkyl halides is 3.